The predicted molar refractivity (Wildman–Crippen MR) is 145 cm³/mol. The molecule has 2 aliphatic rings. The fourth-order valence-electron chi connectivity index (χ4n) is 4.80. The highest BCUT2D eigenvalue weighted by Crippen LogP contribution is 2.34. The van der Waals surface area contributed by atoms with Gasteiger partial charge >= 0.3 is 0 Å². The van der Waals surface area contributed by atoms with Crippen molar-refractivity contribution in [3.8, 4) is 17.2 Å². The Morgan fingerprint density at radius 1 is 1.03 bits per heavy atom. The van der Waals surface area contributed by atoms with Crippen molar-refractivity contribution in [2.24, 2.45) is 5.92 Å². The average Bonchev–Trinajstić information content (AvgIpc) is 3.75. The predicted octanol–water partition coefficient (Wildman–Crippen LogP) is 4.16. The Labute approximate surface area is 225 Å². The van der Waals surface area contributed by atoms with Crippen molar-refractivity contribution in [3.63, 3.8) is 0 Å². The molecule has 1 saturated carbocycles. The van der Waals surface area contributed by atoms with Crippen LogP contribution in [-0.4, -0.2) is 68.2 Å². The van der Waals surface area contributed by atoms with E-state index < -0.39 is 12.1 Å². The van der Waals surface area contributed by atoms with E-state index in [1.54, 1.807) is 37.4 Å². The van der Waals surface area contributed by atoms with Gasteiger partial charge in [0.1, 0.15) is 25.1 Å². The lowest BCUT2D eigenvalue weighted by Gasteiger charge is -2.29. The van der Waals surface area contributed by atoms with Crippen LogP contribution in [0.4, 0.5) is 0 Å². The summed E-state index contributed by atoms with van der Waals surface area (Å²) in [6.45, 7) is 2.49. The number of Topliss-reactive ketones (excluding diaryl/α,β-unsaturated/α-hetero) is 1. The smallest absolute Gasteiger partial charge is 0.220 e. The van der Waals surface area contributed by atoms with E-state index in [2.05, 4.69) is 10.2 Å². The van der Waals surface area contributed by atoms with Gasteiger partial charge in [-0.05, 0) is 80.6 Å². The molecule has 8 nitrogen and oxygen atoms in total. The maximum absolute atomic E-state index is 12.9. The Morgan fingerprint density at radius 3 is 2.45 bits per heavy atom. The number of rotatable bonds is 15. The molecule has 2 atom stereocenters. The summed E-state index contributed by atoms with van der Waals surface area (Å²) < 4.78 is 16.4. The van der Waals surface area contributed by atoms with E-state index in [1.807, 2.05) is 19.2 Å². The van der Waals surface area contributed by atoms with Crippen molar-refractivity contribution in [1.29, 1.82) is 0 Å². The summed E-state index contributed by atoms with van der Waals surface area (Å²) in [6, 6.07) is 12.1. The first-order chi connectivity index (χ1) is 18.4. The van der Waals surface area contributed by atoms with Gasteiger partial charge in [-0.2, -0.15) is 0 Å². The van der Waals surface area contributed by atoms with E-state index >= 15 is 0 Å². The Bertz CT molecular complexity index is 1070. The minimum atomic E-state index is -0.876. The van der Waals surface area contributed by atoms with E-state index in [-0.39, 0.29) is 11.7 Å². The Kier molecular flexibility index (Phi) is 10.0. The van der Waals surface area contributed by atoms with Crippen molar-refractivity contribution in [1.82, 2.24) is 10.2 Å². The minimum absolute atomic E-state index is 0.0899. The summed E-state index contributed by atoms with van der Waals surface area (Å²) >= 11 is 0. The van der Waals surface area contributed by atoms with Gasteiger partial charge in [-0.1, -0.05) is 12.5 Å². The number of nitrogens with zero attached hydrogens (tertiary/aromatic N) is 1. The van der Waals surface area contributed by atoms with Crippen molar-refractivity contribution < 1.29 is 28.9 Å². The van der Waals surface area contributed by atoms with Crippen LogP contribution in [-0.2, 0) is 4.79 Å². The number of aliphatic hydroxyl groups excluding tert-OH is 1. The third-order valence-electron chi connectivity index (χ3n) is 7.13. The average molecular weight is 525 g/mol. The lowest BCUT2D eigenvalue weighted by Crippen LogP contribution is -2.46. The Morgan fingerprint density at radius 2 is 1.74 bits per heavy atom. The first-order valence-electron chi connectivity index (χ1n) is 13.7. The second-order valence-electron chi connectivity index (χ2n) is 10.4. The molecule has 1 aliphatic carbocycles. The van der Waals surface area contributed by atoms with Crippen molar-refractivity contribution in [2.45, 2.75) is 57.1 Å². The van der Waals surface area contributed by atoms with Gasteiger partial charge in [0.15, 0.2) is 17.3 Å². The van der Waals surface area contributed by atoms with Crippen molar-refractivity contribution >= 4 is 11.7 Å². The number of carbonyl (C=O) groups is 2. The maximum Gasteiger partial charge on any atom is 0.220 e. The number of hydrogen-bond donors (Lipinski definition) is 2. The Balaban J connectivity index is 1.26. The SMILES string of the molecule is COc1ccc(C(=O)CCCCCC(=O)N[C@H](CN(C)CC2CC2)[C@H](O)c2ccc3c(c2)OCCO3)cc1. The number of benzene rings is 2. The zero-order chi connectivity index (χ0) is 26.9. The molecule has 0 spiro atoms. The molecule has 0 unspecified atom stereocenters. The molecule has 1 aliphatic heterocycles. The number of aliphatic hydroxyl groups is 1. The van der Waals surface area contributed by atoms with Crippen LogP contribution in [0.2, 0.25) is 0 Å². The largest absolute Gasteiger partial charge is 0.497 e. The van der Waals surface area contributed by atoms with Crippen molar-refractivity contribution in [2.75, 3.05) is 40.5 Å². The van der Waals surface area contributed by atoms with E-state index in [0.717, 1.165) is 25.1 Å². The molecule has 2 aromatic carbocycles. The van der Waals surface area contributed by atoms with Crippen molar-refractivity contribution in [3.05, 3.63) is 53.6 Å². The van der Waals surface area contributed by atoms with Gasteiger partial charge in [0.2, 0.25) is 5.91 Å². The van der Waals surface area contributed by atoms with Gasteiger partial charge < -0.3 is 29.5 Å². The van der Waals surface area contributed by atoms with Crippen LogP contribution in [0.3, 0.4) is 0 Å². The number of carbonyl (C=O) groups excluding carboxylic acids is 2. The number of amides is 1. The number of nitrogens with one attached hydrogen (secondary N) is 1. The minimum Gasteiger partial charge on any atom is -0.497 e. The lowest BCUT2D eigenvalue weighted by atomic mass is 10.00. The van der Waals surface area contributed by atoms with Gasteiger partial charge in [0.05, 0.1) is 13.2 Å². The second kappa shape index (κ2) is 13.6. The van der Waals surface area contributed by atoms with Crippen LogP contribution in [0.25, 0.3) is 0 Å². The summed E-state index contributed by atoms with van der Waals surface area (Å²) in [5, 5.41) is 14.3. The monoisotopic (exact) mass is 524 g/mol. The van der Waals surface area contributed by atoms with E-state index in [1.165, 1.54) is 12.8 Å². The number of fused-ring (bicyclic) bond motifs is 1. The number of unbranched alkanes of at least 4 members (excludes halogenated alkanes) is 2. The zero-order valence-electron chi connectivity index (χ0n) is 22.5. The van der Waals surface area contributed by atoms with E-state index in [9.17, 15) is 14.7 Å². The highest BCUT2D eigenvalue weighted by molar-refractivity contribution is 5.96. The van der Waals surface area contributed by atoms with Gasteiger partial charge in [-0.25, -0.2) is 0 Å². The molecule has 1 fully saturated rings. The molecule has 0 saturated heterocycles. The van der Waals surface area contributed by atoms with Crippen LogP contribution in [0.15, 0.2) is 42.5 Å². The van der Waals surface area contributed by atoms with Crippen LogP contribution in [0, 0.1) is 5.92 Å². The van der Waals surface area contributed by atoms with Crippen LogP contribution in [0.1, 0.15) is 67.0 Å². The highest BCUT2D eigenvalue weighted by Gasteiger charge is 2.28. The molecular weight excluding hydrogens is 484 g/mol. The molecule has 2 N–H and O–H groups in total. The van der Waals surface area contributed by atoms with Gasteiger partial charge in [-0.15, -0.1) is 0 Å². The zero-order valence-corrected chi connectivity index (χ0v) is 22.5. The number of methoxy groups -OCH3 is 1. The molecule has 206 valence electrons. The van der Waals surface area contributed by atoms with Crippen LogP contribution < -0.4 is 19.5 Å². The van der Waals surface area contributed by atoms with Gasteiger partial charge in [-0.3, -0.25) is 9.59 Å². The molecule has 0 aromatic heterocycles. The van der Waals surface area contributed by atoms with Crippen LogP contribution in [0.5, 0.6) is 17.2 Å². The normalized spacial score (nSPS) is 16.1. The number of likely N-dealkylation sites (N-methyl/N-ethyl adjacent to an activating group) is 1. The summed E-state index contributed by atoms with van der Waals surface area (Å²) in [6.07, 6.45) is 4.61. The molecule has 2 aromatic rings. The first kappa shape index (κ1) is 27.9. The molecule has 0 radical (unpaired) electrons. The second-order valence-corrected chi connectivity index (χ2v) is 10.4. The highest BCUT2D eigenvalue weighted by atomic mass is 16.6. The molecule has 38 heavy (non-hydrogen) atoms. The molecule has 1 heterocycles. The molecule has 1 amide bonds. The third kappa shape index (κ3) is 8.20. The molecule has 4 rings (SSSR count). The van der Waals surface area contributed by atoms with E-state index in [0.29, 0.717) is 67.6 Å². The third-order valence-corrected chi connectivity index (χ3v) is 7.13. The van der Waals surface area contributed by atoms with Crippen LogP contribution >= 0.6 is 0 Å². The standard InChI is InChI=1S/C30H40N2O6/c1-32(19-21-8-9-21)20-25(30(35)23-12-15-27-28(18-23)38-17-16-37-27)31-29(34)7-5-3-4-6-26(33)22-10-13-24(36-2)14-11-22/h10-15,18,21,25,30,35H,3-9,16-17,19-20H2,1-2H3,(H,31,34)/t25-,30-/m1/s1. The summed E-state index contributed by atoms with van der Waals surface area (Å²) in [5.41, 5.74) is 1.37. The molecule has 0 bridgehead atoms. The maximum atomic E-state index is 12.9. The topological polar surface area (TPSA) is 97.3 Å². The summed E-state index contributed by atoms with van der Waals surface area (Å²) in [5.74, 6) is 2.73. The fraction of sp³-hybridized carbons (Fsp3) is 0.533. The lowest BCUT2D eigenvalue weighted by molar-refractivity contribution is -0.123. The van der Waals surface area contributed by atoms with Gasteiger partial charge in [0, 0.05) is 31.5 Å². The fourth-order valence-corrected chi connectivity index (χ4v) is 4.80. The number of ketones is 1. The summed E-state index contributed by atoms with van der Waals surface area (Å²) in [4.78, 5) is 27.4. The molecule has 8 heteroatoms. The summed E-state index contributed by atoms with van der Waals surface area (Å²) in [7, 11) is 3.63. The van der Waals surface area contributed by atoms with Gasteiger partial charge in [0.25, 0.3) is 0 Å². The quantitative estimate of drug-likeness (QED) is 0.267. The molecular formula is C30H40N2O6. The first-order valence-corrected chi connectivity index (χ1v) is 13.7. The van der Waals surface area contributed by atoms with E-state index in [4.69, 9.17) is 14.2 Å². The number of ether oxygens (including phenoxy) is 3. The number of hydrogen-bond acceptors (Lipinski definition) is 7. The Hall–Kier alpha value is -3.10.